The predicted molar refractivity (Wildman–Crippen MR) is 48.6 cm³/mol. The van der Waals surface area contributed by atoms with Gasteiger partial charge < -0.3 is 10.00 Å². The van der Waals surface area contributed by atoms with Crippen LogP contribution in [0.2, 0.25) is 5.02 Å². The fourth-order valence-corrected chi connectivity index (χ4v) is 1.43. The molecule has 1 rings (SSSR count). The Labute approximate surface area is 81.8 Å². The molecule has 13 heavy (non-hydrogen) atoms. The first-order chi connectivity index (χ1) is 5.94. The molecule has 1 aromatic carbocycles. The Kier molecular flexibility index (Phi) is 3.04. The van der Waals surface area contributed by atoms with Crippen LogP contribution in [0.15, 0.2) is 24.3 Å². The minimum absolute atomic E-state index is 0.274. The van der Waals surface area contributed by atoms with E-state index >= 15 is 0 Å². The number of hydrogen-bond donors (Lipinski definition) is 1. The summed E-state index contributed by atoms with van der Waals surface area (Å²) in [7, 11) is -2.94. The first-order valence-corrected chi connectivity index (χ1v) is 5.13. The maximum Gasteiger partial charge on any atom is 0.349 e. The minimum Gasteiger partial charge on any atom is -0.593 e. The van der Waals surface area contributed by atoms with Gasteiger partial charge in [0.15, 0.2) is 0 Å². The Hall–Kier alpha value is -0.470. The number of hydrogen-bond acceptors (Lipinski definition) is 3. The molecule has 0 heterocycles. The van der Waals surface area contributed by atoms with Crippen LogP contribution in [-0.2, 0) is 9.91 Å². The Morgan fingerprint density at radius 1 is 1.62 bits per heavy atom. The van der Waals surface area contributed by atoms with Crippen molar-refractivity contribution in [2.45, 2.75) is 12.3 Å². The van der Waals surface area contributed by atoms with Crippen molar-refractivity contribution in [1.29, 1.82) is 0 Å². The second-order valence-corrected chi connectivity index (χ2v) is 4.61. The fourth-order valence-electron chi connectivity index (χ4n) is 0.888. The summed E-state index contributed by atoms with van der Waals surface area (Å²) >= 11 is 5.65. The van der Waals surface area contributed by atoms with Crippen molar-refractivity contribution in [1.82, 2.24) is 0 Å². The summed E-state index contributed by atoms with van der Waals surface area (Å²) in [6.45, 7) is 1.21. The molecule has 0 bridgehead atoms. The molecule has 2 atom stereocenters. The van der Waals surface area contributed by atoms with Gasteiger partial charge in [-0.2, -0.15) is 0 Å². The SMILES string of the molecule is CC(O)(c1cccc(Cl)c1)[P+](=O)[O-]. The summed E-state index contributed by atoms with van der Waals surface area (Å²) in [5.41, 5.74) is 0.274. The molecule has 2 unspecified atom stereocenters. The molecule has 3 nitrogen and oxygen atoms in total. The molecule has 0 fully saturated rings. The van der Waals surface area contributed by atoms with Gasteiger partial charge in [0, 0.05) is 17.5 Å². The molecular formula is C8H8ClO3P. The highest BCUT2D eigenvalue weighted by molar-refractivity contribution is 7.37. The maximum atomic E-state index is 10.7. The van der Waals surface area contributed by atoms with Gasteiger partial charge in [0.25, 0.3) is 5.34 Å². The highest BCUT2D eigenvalue weighted by atomic mass is 35.5. The summed E-state index contributed by atoms with van der Waals surface area (Å²) < 4.78 is 10.7. The number of halogens is 1. The Morgan fingerprint density at radius 3 is 2.69 bits per heavy atom. The predicted octanol–water partition coefficient (Wildman–Crippen LogP) is 1.61. The highest BCUT2D eigenvalue weighted by Gasteiger charge is 2.37. The van der Waals surface area contributed by atoms with Gasteiger partial charge in [-0.3, -0.25) is 0 Å². The standard InChI is InChI=1S/C8H8ClO3P/c1-8(10,13(11)12)6-3-2-4-7(9)5-6/h2-5,10H,1H3. The van der Waals surface area contributed by atoms with Gasteiger partial charge in [-0.05, 0) is 12.1 Å². The van der Waals surface area contributed by atoms with E-state index in [9.17, 15) is 14.6 Å². The van der Waals surface area contributed by atoms with Crippen LogP contribution in [0.1, 0.15) is 12.5 Å². The van der Waals surface area contributed by atoms with E-state index in [0.29, 0.717) is 5.02 Å². The topological polar surface area (TPSA) is 60.4 Å². The average Bonchev–Trinajstić information content (AvgIpc) is 2.04. The van der Waals surface area contributed by atoms with Gasteiger partial charge >= 0.3 is 8.03 Å². The van der Waals surface area contributed by atoms with Gasteiger partial charge in [0.1, 0.15) is 0 Å². The van der Waals surface area contributed by atoms with Gasteiger partial charge in [-0.25, -0.2) is 0 Å². The van der Waals surface area contributed by atoms with E-state index < -0.39 is 13.4 Å². The van der Waals surface area contributed by atoms with Gasteiger partial charge in [0.2, 0.25) is 0 Å². The van der Waals surface area contributed by atoms with Crippen molar-refractivity contribution in [3.63, 3.8) is 0 Å². The van der Waals surface area contributed by atoms with Crippen molar-refractivity contribution in [2.24, 2.45) is 0 Å². The molecule has 0 amide bonds. The van der Waals surface area contributed by atoms with Gasteiger partial charge in [-0.1, -0.05) is 28.3 Å². The molecule has 70 valence electrons. The molecular weight excluding hydrogens is 211 g/mol. The molecule has 0 spiro atoms. The average molecular weight is 219 g/mol. The van der Waals surface area contributed by atoms with Crippen molar-refractivity contribution in [3.8, 4) is 0 Å². The van der Waals surface area contributed by atoms with Crippen LogP contribution >= 0.6 is 19.6 Å². The lowest BCUT2D eigenvalue weighted by Crippen LogP contribution is -2.20. The van der Waals surface area contributed by atoms with Crippen LogP contribution in [0.25, 0.3) is 0 Å². The van der Waals surface area contributed by atoms with E-state index in [1.165, 1.54) is 19.1 Å². The third-order valence-corrected chi connectivity index (χ3v) is 2.93. The number of aliphatic hydroxyl groups is 1. The zero-order chi connectivity index (χ0) is 10.1. The third-order valence-electron chi connectivity index (χ3n) is 1.73. The lowest BCUT2D eigenvalue weighted by Gasteiger charge is -2.13. The molecule has 0 aliphatic heterocycles. The van der Waals surface area contributed by atoms with Crippen molar-refractivity contribution in [2.75, 3.05) is 0 Å². The Morgan fingerprint density at radius 2 is 2.23 bits per heavy atom. The largest absolute Gasteiger partial charge is 0.593 e. The molecule has 1 aromatic rings. The second-order valence-electron chi connectivity index (χ2n) is 2.79. The van der Waals surface area contributed by atoms with Crippen LogP contribution < -0.4 is 4.89 Å². The monoisotopic (exact) mass is 218 g/mol. The van der Waals surface area contributed by atoms with Crippen LogP contribution in [0.4, 0.5) is 0 Å². The van der Waals surface area contributed by atoms with Crippen molar-refractivity contribution < 1.29 is 14.6 Å². The van der Waals surface area contributed by atoms with E-state index in [4.69, 9.17) is 11.6 Å². The van der Waals surface area contributed by atoms with Crippen LogP contribution in [0, 0.1) is 0 Å². The smallest absolute Gasteiger partial charge is 0.349 e. The van der Waals surface area contributed by atoms with E-state index in [1.54, 1.807) is 12.1 Å². The van der Waals surface area contributed by atoms with Crippen LogP contribution in [0.3, 0.4) is 0 Å². The molecule has 1 N–H and O–H groups in total. The molecule has 0 aliphatic carbocycles. The normalized spacial score (nSPS) is 16.5. The molecule has 0 saturated carbocycles. The van der Waals surface area contributed by atoms with E-state index in [-0.39, 0.29) is 5.56 Å². The summed E-state index contributed by atoms with van der Waals surface area (Å²) in [5.74, 6) is 0. The Bertz CT molecular complexity index is 338. The van der Waals surface area contributed by atoms with Crippen molar-refractivity contribution >= 4 is 19.6 Å². The second kappa shape index (κ2) is 3.72. The lowest BCUT2D eigenvalue weighted by atomic mass is 10.1. The van der Waals surface area contributed by atoms with Crippen LogP contribution in [-0.4, -0.2) is 5.11 Å². The number of rotatable bonds is 2. The van der Waals surface area contributed by atoms with Gasteiger partial charge in [-0.15, -0.1) is 0 Å². The first-order valence-electron chi connectivity index (χ1n) is 3.57. The van der Waals surface area contributed by atoms with Gasteiger partial charge in [0.05, 0.1) is 0 Å². The van der Waals surface area contributed by atoms with E-state index in [1.807, 2.05) is 0 Å². The first kappa shape index (κ1) is 10.6. The van der Waals surface area contributed by atoms with E-state index in [2.05, 4.69) is 0 Å². The quantitative estimate of drug-likeness (QED) is 0.767. The summed E-state index contributed by atoms with van der Waals surface area (Å²) in [6, 6.07) is 6.13. The maximum absolute atomic E-state index is 10.7. The zero-order valence-electron chi connectivity index (χ0n) is 6.90. The molecule has 0 aromatic heterocycles. The number of benzene rings is 1. The Balaban J connectivity index is 3.14. The van der Waals surface area contributed by atoms with E-state index in [0.717, 1.165) is 0 Å². The molecule has 0 saturated heterocycles. The van der Waals surface area contributed by atoms with Crippen molar-refractivity contribution in [3.05, 3.63) is 34.9 Å². The molecule has 5 heteroatoms. The molecule has 0 radical (unpaired) electrons. The third kappa shape index (κ3) is 2.26. The lowest BCUT2D eigenvalue weighted by molar-refractivity contribution is -0.179. The fraction of sp³-hybridized carbons (Fsp3) is 0.250. The summed E-state index contributed by atoms with van der Waals surface area (Å²) in [4.78, 5) is 10.7. The highest BCUT2D eigenvalue weighted by Crippen LogP contribution is 2.39. The zero-order valence-corrected chi connectivity index (χ0v) is 8.55. The summed E-state index contributed by atoms with van der Waals surface area (Å²) in [6.07, 6.45) is 0. The molecule has 0 aliphatic rings. The summed E-state index contributed by atoms with van der Waals surface area (Å²) in [5, 5.41) is 8.08. The van der Waals surface area contributed by atoms with Crippen LogP contribution in [0.5, 0.6) is 0 Å². The minimum atomic E-state index is -2.94.